The number of benzene rings is 1. The second kappa shape index (κ2) is 10.4. The summed E-state index contributed by atoms with van der Waals surface area (Å²) in [6.45, 7) is 3.64. The van der Waals surface area contributed by atoms with Crippen LogP contribution in [0.3, 0.4) is 0 Å². The molecule has 0 saturated carbocycles. The van der Waals surface area contributed by atoms with Crippen molar-refractivity contribution < 1.29 is 14.2 Å². The van der Waals surface area contributed by atoms with Crippen LogP contribution in [0.5, 0.6) is 5.75 Å². The molecule has 4 rings (SSSR count). The zero-order chi connectivity index (χ0) is 21.5. The van der Waals surface area contributed by atoms with Crippen molar-refractivity contribution in [3.8, 4) is 17.0 Å². The van der Waals surface area contributed by atoms with Gasteiger partial charge in [0.1, 0.15) is 17.7 Å². The number of rotatable bonds is 8. The number of hydrogen-bond donors (Lipinski definition) is 0. The monoisotopic (exact) mass is 421 g/mol. The van der Waals surface area contributed by atoms with Crippen LogP contribution in [0, 0.1) is 0 Å². The largest absolute Gasteiger partial charge is 0.497 e. The van der Waals surface area contributed by atoms with Crippen LogP contribution in [0.4, 0.5) is 0 Å². The molecule has 1 unspecified atom stereocenters. The Balaban J connectivity index is 1.41. The number of ether oxygens (including phenoxy) is 3. The summed E-state index contributed by atoms with van der Waals surface area (Å²) in [5, 5.41) is 0. The van der Waals surface area contributed by atoms with Gasteiger partial charge in [-0.05, 0) is 24.3 Å². The lowest BCUT2D eigenvalue weighted by Gasteiger charge is -2.32. The van der Waals surface area contributed by atoms with Gasteiger partial charge < -0.3 is 14.2 Å². The Morgan fingerprint density at radius 3 is 2.61 bits per heavy atom. The SMILES string of the molecule is COCCc1ncc(CN2CCOC(c3cncc(-c4ccc(OC)cc4)n3)C2)cn1. The summed E-state index contributed by atoms with van der Waals surface area (Å²) in [6, 6.07) is 7.81. The molecule has 1 aliphatic heterocycles. The minimum absolute atomic E-state index is 0.124. The van der Waals surface area contributed by atoms with Gasteiger partial charge in [-0.1, -0.05) is 0 Å². The Labute approximate surface area is 182 Å². The van der Waals surface area contributed by atoms with Crippen molar-refractivity contribution in [2.45, 2.75) is 19.1 Å². The highest BCUT2D eigenvalue weighted by Gasteiger charge is 2.24. The van der Waals surface area contributed by atoms with E-state index in [0.717, 1.165) is 60.1 Å². The smallest absolute Gasteiger partial charge is 0.130 e. The zero-order valence-electron chi connectivity index (χ0n) is 17.9. The van der Waals surface area contributed by atoms with Crippen LogP contribution in [-0.2, 0) is 22.4 Å². The Kier molecular flexibility index (Phi) is 7.14. The van der Waals surface area contributed by atoms with Gasteiger partial charge in [-0.3, -0.25) is 9.88 Å². The van der Waals surface area contributed by atoms with Gasteiger partial charge in [0.2, 0.25) is 0 Å². The molecule has 1 fully saturated rings. The molecule has 1 aromatic carbocycles. The summed E-state index contributed by atoms with van der Waals surface area (Å²) in [5.41, 5.74) is 3.73. The summed E-state index contributed by atoms with van der Waals surface area (Å²) < 4.78 is 16.3. The Hall–Kier alpha value is -2.94. The molecule has 3 aromatic rings. The van der Waals surface area contributed by atoms with Crippen molar-refractivity contribution in [2.75, 3.05) is 40.5 Å². The van der Waals surface area contributed by atoms with E-state index in [1.807, 2.05) is 36.7 Å². The highest BCUT2D eigenvalue weighted by molar-refractivity contribution is 5.59. The minimum atomic E-state index is -0.124. The van der Waals surface area contributed by atoms with E-state index in [4.69, 9.17) is 19.2 Å². The predicted octanol–water partition coefficient (Wildman–Crippen LogP) is 2.70. The van der Waals surface area contributed by atoms with Crippen molar-refractivity contribution in [1.82, 2.24) is 24.8 Å². The lowest BCUT2D eigenvalue weighted by molar-refractivity contribution is -0.0351. The van der Waals surface area contributed by atoms with Crippen LogP contribution in [0.2, 0.25) is 0 Å². The molecule has 0 amide bonds. The third-order valence-corrected chi connectivity index (χ3v) is 5.21. The van der Waals surface area contributed by atoms with E-state index < -0.39 is 0 Å². The number of morpholine rings is 1. The Morgan fingerprint density at radius 2 is 1.87 bits per heavy atom. The summed E-state index contributed by atoms with van der Waals surface area (Å²) in [6.07, 6.45) is 7.95. The molecule has 0 spiro atoms. The van der Waals surface area contributed by atoms with Gasteiger partial charge in [-0.2, -0.15) is 0 Å². The van der Waals surface area contributed by atoms with E-state index in [2.05, 4.69) is 19.9 Å². The average Bonchev–Trinajstić information content (AvgIpc) is 2.84. The molecule has 0 radical (unpaired) electrons. The first-order chi connectivity index (χ1) is 15.2. The van der Waals surface area contributed by atoms with E-state index in [1.165, 1.54) is 0 Å². The van der Waals surface area contributed by atoms with Crippen molar-refractivity contribution in [1.29, 1.82) is 0 Å². The second-order valence-corrected chi connectivity index (χ2v) is 7.40. The maximum atomic E-state index is 6.01. The third kappa shape index (κ3) is 5.61. The molecule has 2 aromatic heterocycles. The molecule has 8 heteroatoms. The van der Waals surface area contributed by atoms with E-state index >= 15 is 0 Å². The van der Waals surface area contributed by atoms with E-state index in [1.54, 1.807) is 26.6 Å². The van der Waals surface area contributed by atoms with Crippen molar-refractivity contribution in [2.24, 2.45) is 0 Å². The molecule has 1 atom stereocenters. The molecule has 1 saturated heterocycles. The summed E-state index contributed by atoms with van der Waals surface area (Å²) in [4.78, 5) is 20.4. The highest BCUT2D eigenvalue weighted by atomic mass is 16.5. The molecule has 1 aliphatic rings. The van der Waals surface area contributed by atoms with Crippen LogP contribution in [0.1, 0.15) is 23.2 Å². The quantitative estimate of drug-likeness (QED) is 0.549. The fraction of sp³-hybridized carbons (Fsp3) is 0.391. The van der Waals surface area contributed by atoms with Gasteiger partial charge in [0.15, 0.2) is 0 Å². The summed E-state index contributed by atoms with van der Waals surface area (Å²) >= 11 is 0. The van der Waals surface area contributed by atoms with Crippen molar-refractivity contribution >= 4 is 0 Å². The molecule has 0 N–H and O–H groups in total. The van der Waals surface area contributed by atoms with Crippen LogP contribution in [0.15, 0.2) is 49.1 Å². The lowest BCUT2D eigenvalue weighted by atomic mass is 10.1. The highest BCUT2D eigenvalue weighted by Crippen LogP contribution is 2.25. The first kappa shape index (κ1) is 21.3. The van der Waals surface area contributed by atoms with Crippen LogP contribution >= 0.6 is 0 Å². The van der Waals surface area contributed by atoms with E-state index in [9.17, 15) is 0 Å². The summed E-state index contributed by atoms with van der Waals surface area (Å²) in [5.74, 6) is 1.62. The zero-order valence-corrected chi connectivity index (χ0v) is 17.9. The Bertz CT molecular complexity index is 966. The van der Waals surface area contributed by atoms with Gasteiger partial charge in [0, 0.05) is 56.7 Å². The number of aromatic nitrogens is 4. The second-order valence-electron chi connectivity index (χ2n) is 7.40. The molecule has 31 heavy (non-hydrogen) atoms. The maximum Gasteiger partial charge on any atom is 0.130 e. The first-order valence-corrected chi connectivity index (χ1v) is 10.3. The first-order valence-electron chi connectivity index (χ1n) is 10.3. The standard InChI is InChI=1S/C23H27N5O3/c1-29-9-7-23-25-11-17(12-26-23)15-28-8-10-31-22(16-28)21-14-24-13-20(27-21)18-3-5-19(30-2)6-4-18/h3-6,11-14,22H,7-10,15-16H2,1-2H3. The average molecular weight is 422 g/mol. The molecule has 8 nitrogen and oxygen atoms in total. The summed E-state index contributed by atoms with van der Waals surface area (Å²) in [7, 11) is 3.34. The van der Waals surface area contributed by atoms with Gasteiger partial charge in [-0.25, -0.2) is 15.0 Å². The molecule has 3 heterocycles. The van der Waals surface area contributed by atoms with Crippen LogP contribution in [0.25, 0.3) is 11.3 Å². The van der Waals surface area contributed by atoms with Gasteiger partial charge in [0.05, 0.1) is 44.1 Å². The molecule has 0 bridgehead atoms. The topological polar surface area (TPSA) is 82.5 Å². The van der Waals surface area contributed by atoms with E-state index in [0.29, 0.717) is 13.2 Å². The Morgan fingerprint density at radius 1 is 1.06 bits per heavy atom. The predicted molar refractivity (Wildman–Crippen MR) is 116 cm³/mol. The van der Waals surface area contributed by atoms with Crippen molar-refractivity contribution in [3.63, 3.8) is 0 Å². The van der Waals surface area contributed by atoms with Crippen molar-refractivity contribution in [3.05, 3.63) is 66.1 Å². The van der Waals surface area contributed by atoms with Gasteiger partial charge in [-0.15, -0.1) is 0 Å². The maximum absolute atomic E-state index is 6.01. The number of nitrogens with zero attached hydrogens (tertiary/aromatic N) is 5. The third-order valence-electron chi connectivity index (χ3n) is 5.21. The van der Waals surface area contributed by atoms with Gasteiger partial charge in [0.25, 0.3) is 0 Å². The van der Waals surface area contributed by atoms with E-state index in [-0.39, 0.29) is 6.10 Å². The normalized spacial score (nSPS) is 16.9. The van der Waals surface area contributed by atoms with Crippen LogP contribution < -0.4 is 4.74 Å². The van der Waals surface area contributed by atoms with Gasteiger partial charge >= 0.3 is 0 Å². The number of hydrogen-bond acceptors (Lipinski definition) is 8. The molecular weight excluding hydrogens is 394 g/mol. The number of methoxy groups -OCH3 is 2. The lowest BCUT2D eigenvalue weighted by Crippen LogP contribution is -2.38. The minimum Gasteiger partial charge on any atom is -0.497 e. The molecule has 162 valence electrons. The van der Waals surface area contributed by atoms with Crippen LogP contribution in [-0.4, -0.2) is 65.4 Å². The fourth-order valence-corrected chi connectivity index (χ4v) is 3.51. The molecular formula is C23H27N5O3. The fourth-order valence-electron chi connectivity index (χ4n) is 3.51. The molecule has 0 aliphatic carbocycles.